The number of hydrogen-bond acceptors (Lipinski definition) is 7. The Morgan fingerprint density at radius 1 is 1.25 bits per heavy atom. The van der Waals surface area contributed by atoms with Gasteiger partial charge in [0, 0.05) is 17.2 Å². The molecule has 9 heteroatoms. The van der Waals surface area contributed by atoms with Gasteiger partial charge in [-0.05, 0) is 43.3 Å². The fraction of sp³-hybridized carbons (Fsp3) is 0.158. The molecule has 0 saturated heterocycles. The summed E-state index contributed by atoms with van der Waals surface area (Å²) in [7, 11) is 1.30. The first kappa shape index (κ1) is 19.0. The van der Waals surface area contributed by atoms with E-state index in [-0.39, 0.29) is 29.4 Å². The molecular formula is C19H15FN2O6. The molecule has 1 aromatic heterocycles. The molecule has 0 aliphatic carbocycles. The van der Waals surface area contributed by atoms with E-state index in [4.69, 9.17) is 14.0 Å². The van der Waals surface area contributed by atoms with E-state index in [0.29, 0.717) is 22.6 Å². The van der Waals surface area contributed by atoms with E-state index in [1.807, 2.05) is 0 Å². The quantitative estimate of drug-likeness (QED) is 0.357. The third kappa shape index (κ3) is 3.83. The van der Waals surface area contributed by atoms with E-state index in [9.17, 15) is 19.3 Å². The number of esters is 1. The Labute approximate surface area is 158 Å². The summed E-state index contributed by atoms with van der Waals surface area (Å²) in [6.45, 7) is 1.55. The summed E-state index contributed by atoms with van der Waals surface area (Å²) >= 11 is 0. The average molecular weight is 386 g/mol. The van der Waals surface area contributed by atoms with Gasteiger partial charge in [0.1, 0.15) is 18.1 Å². The van der Waals surface area contributed by atoms with Crippen molar-refractivity contribution in [1.82, 2.24) is 5.16 Å². The number of carbonyl (C=O) groups is 1. The second kappa shape index (κ2) is 7.87. The molecule has 3 aromatic rings. The SMILES string of the molecule is COc1ccc(C(=O)OCc2noc(-c3ccc(F)cc3)c2C)cc1[N+](=O)[O-]. The highest BCUT2D eigenvalue weighted by molar-refractivity contribution is 5.90. The summed E-state index contributed by atoms with van der Waals surface area (Å²) in [5.74, 6) is -0.649. The van der Waals surface area contributed by atoms with Gasteiger partial charge in [0.25, 0.3) is 0 Å². The van der Waals surface area contributed by atoms with Gasteiger partial charge in [0.2, 0.25) is 0 Å². The van der Waals surface area contributed by atoms with E-state index in [2.05, 4.69) is 5.16 Å². The van der Waals surface area contributed by atoms with Crippen LogP contribution in [0.2, 0.25) is 0 Å². The van der Waals surface area contributed by atoms with Crippen LogP contribution in [0, 0.1) is 22.9 Å². The summed E-state index contributed by atoms with van der Waals surface area (Å²) in [6.07, 6.45) is 0. The summed E-state index contributed by atoms with van der Waals surface area (Å²) in [6, 6.07) is 9.47. The maximum absolute atomic E-state index is 13.1. The van der Waals surface area contributed by atoms with E-state index in [1.165, 1.54) is 31.4 Å². The number of halogens is 1. The lowest BCUT2D eigenvalue weighted by atomic mass is 10.1. The van der Waals surface area contributed by atoms with Crippen molar-refractivity contribution in [1.29, 1.82) is 0 Å². The fourth-order valence-corrected chi connectivity index (χ4v) is 2.55. The lowest BCUT2D eigenvalue weighted by molar-refractivity contribution is -0.385. The van der Waals surface area contributed by atoms with E-state index < -0.39 is 10.9 Å². The third-order valence-corrected chi connectivity index (χ3v) is 4.08. The van der Waals surface area contributed by atoms with E-state index in [0.717, 1.165) is 6.07 Å². The van der Waals surface area contributed by atoms with Crippen molar-refractivity contribution in [3.8, 4) is 17.1 Å². The minimum Gasteiger partial charge on any atom is -0.490 e. The molecule has 0 radical (unpaired) electrons. The number of carbonyl (C=O) groups excluding carboxylic acids is 1. The molecule has 0 aliphatic heterocycles. The predicted octanol–water partition coefficient (Wildman–Crippen LogP) is 4.06. The van der Waals surface area contributed by atoms with Crippen LogP contribution in [0.1, 0.15) is 21.6 Å². The zero-order chi connectivity index (χ0) is 20.3. The number of aromatic nitrogens is 1. The van der Waals surface area contributed by atoms with Gasteiger partial charge in [0.05, 0.1) is 17.6 Å². The minimum atomic E-state index is -0.753. The first-order valence-electron chi connectivity index (χ1n) is 8.11. The van der Waals surface area contributed by atoms with Crippen molar-refractivity contribution < 1.29 is 28.1 Å². The van der Waals surface area contributed by atoms with E-state index >= 15 is 0 Å². The number of ether oxygens (including phenoxy) is 2. The number of nitro benzene ring substituents is 1. The van der Waals surface area contributed by atoms with Gasteiger partial charge >= 0.3 is 11.7 Å². The molecule has 0 atom stereocenters. The Hall–Kier alpha value is -3.75. The van der Waals surface area contributed by atoms with Crippen LogP contribution in [0.25, 0.3) is 11.3 Å². The van der Waals surface area contributed by atoms with Crippen LogP contribution in [0.5, 0.6) is 5.75 Å². The minimum absolute atomic E-state index is 0.00686. The fourth-order valence-electron chi connectivity index (χ4n) is 2.55. The maximum atomic E-state index is 13.1. The molecule has 0 aliphatic rings. The van der Waals surface area contributed by atoms with Crippen molar-refractivity contribution in [2.45, 2.75) is 13.5 Å². The normalized spacial score (nSPS) is 10.5. The van der Waals surface area contributed by atoms with Gasteiger partial charge < -0.3 is 14.0 Å². The molecule has 1 heterocycles. The zero-order valence-corrected chi connectivity index (χ0v) is 15.0. The second-order valence-electron chi connectivity index (χ2n) is 5.81. The predicted molar refractivity (Wildman–Crippen MR) is 95.4 cm³/mol. The zero-order valence-electron chi connectivity index (χ0n) is 15.0. The van der Waals surface area contributed by atoms with Gasteiger partial charge in [-0.3, -0.25) is 10.1 Å². The molecule has 3 rings (SSSR count). The van der Waals surface area contributed by atoms with Crippen LogP contribution in [0.15, 0.2) is 47.0 Å². The summed E-state index contributed by atoms with van der Waals surface area (Å²) in [5, 5.41) is 14.9. The Morgan fingerprint density at radius 2 is 1.96 bits per heavy atom. The highest BCUT2D eigenvalue weighted by Crippen LogP contribution is 2.29. The van der Waals surface area contributed by atoms with Gasteiger partial charge in [-0.25, -0.2) is 9.18 Å². The van der Waals surface area contributed by atoms with Crippen molar-refractivity contribution in [2.24, 2.45) is 0 Å². The van der Waals surface area contributed by atoms with Crippen LogP contribution >= 0.6 is 0 Å². The number of hydrogen-bond donors (Lipinski definition) is 0. The molecule has 0 spiro atoms. The van der Waals surface area contributed by atoms with Crippen LogP contribution in [0.4, 0.5) is 10.1 Å². The second-order valence-corrected chi connectivity index (χ2v) is 5.81. The number of benzene rings is 2. The van der Waals surface area contributed by atoms with Crippen molar-refractivity contribution in [3.63, 3.8) is 0 Å². The molecular weight excluding hydrogens is 371 g/mol. The molecule has 8 nitrogen and oxygen atoms in total. The van der Waals surface area contributed by atoms with Crippen LogP contribution in [-0.2, 0) is 11.3 Å². The topological polar surface area (TPSA) is 105 Å². The van der Waals surface area contributed by atoms with Crippen molar-refractivity contribution in [3.05, 3.63) is 75.2 Å². The first-order valence-corrected chi connectivity index (χ1v) is 8.11. The Balaban J connectivity index is 1.74. The monoisotopic (exact) mass is 386 g/mol. The van der Waals surface area contributed by atoms with Gasteiger partial charge in [0.15, 0.2) is 11.5 Å². The number of nitrogens with zero attached hydrogens (tertiary/aromatic N) is 2. The summed E-state index contributed by atoms with van der Waals surface area (Å²) in [5.41, 5.74) is 1.33. The standard InChI is InChI=1S/C19H15FN2O6/c1-11-15(21-28-18(11)12-3-6-14(20)7-4-12)10-27-19(23)13-5-8-17(26-2)16(9-13)22(24)25/h3-9H,10H2,1-2H3. The molecule has 2 aromatic carbocycles. The molecule has 0 N–H and O–H groups in total. The van der Waals surface area contributed by atoms with Gasteiger partial charge in [-0.15, -0.1) is 0 Å². The molecule has 28 heavy (non-hydrogen) atoms. The molecule has 0 amide bonds. The summed E-state index contributed by atoms with van der Waals surface area (Å²) in [4.78, 5) is 22.7. The third-order valence-electron chi connectivity index (χ3n) is 4.08. The first-order chi connectivity index (χ1) is 13.4. The highest BCUT2D eigenvalue weighted by atomic mass is 19.1. The van der Waals surface area contributed by atoms with Crippen LogP contribution in [-0.4, -0.2) is 23.2 Å². The number of nitro groups is 1. The molecule has 0 fully saturated rings. The van der Waals surface area contributed by atoms with Gasteiger partial charge in [-0.1, -0.05) is 5.16 Å². The average Bonchev–Trinajstić information content (AvgIpc) is 3.06. The molecule has 0 bridgehead atoms. The number of rotatable bonds is 6. The molecule has 0 unspecified atom stereocenters. The Kier molecular flexibility index (Phi) is 5.35. The Morgan fingerprint density at radius 3 is 2.61 bits per heavy atom. The smallest absolute Gasteiger partial charge is 0.338 e. The number of methoxy groups -OCH3 is 1. The largest absolute Gasteiger partial charge is 0.490 e. The maximum Gasteiger partial charge on any atom is 0.338 e. The Bertz CT molecular complexity index is 1030. The van der Waals surface area contributed by atoms with E-state index in [1.54, 1.807) is 19.1 Å². The van der Waals surface area contributed by atoms with Crippen molar-refractivity contribution in [2.75, 3.05) is 7.11 Å². The molecule has 144 valence electrons. The highest BCUT2D eigenvalue weighted by Gasteiger charge is 2.20. The lowest BCUT2D eigenvalue weighted by Crippen LogP contribution is -2.07. The van der Waals surface area contributed by atoms with Crippen LogP contribution < -0.4 is 4.74 Å². The van der Waals surface area contributed by atoms with Crippen LogP contribution in [0.3, 0.4) is 0 Å². The summed E-state index contributed by atoms with van der Waals surface area (Å²) < 4.78 is 28.4. The van der Waals surface area contributed by atoms with Gasteiger partial charge in [-0.2, -0.15) is 0 Å². The van der Waals surface area contributed by atoms with Crippen molar-refractivity contribution >= 4 is 11.7 Å². The lowest BCUT2D eigenvalue weighted by Gasteiger charge is -2.05. The molecule has 0 saturated carbocycles.